The fourth-order valence-electron chi connectivity index (χ4n) is 3.26. The Hall–Kier alpha value is -3.45. The molecule has 3 aromatic heterocycles. The number of benzene rings is 1. The van der Waals surface area contributed by atoms with Gasteiger partial charge in [-0.25, -0.2) is 4.98 Å². The van der Waals surface area contributed by atoms with E-state index in [4.69, 9.17) is 4.98 Å². The number of rotatable bonds is 7. The number of carbonyl (C=O) groups is 2. The molecule has 2 amide bonds. The molecule has 0 saturated heterocycles. The van der Waals surface area contributed by atoms with Gasteiger partial charge in [0.15, 0.2) is 0 Å². The van der Waals surface area contributed by atoms with Crippen molar-refractivity contribution in [3.8, 4) is 11.3 Å². The summed E-state index contributed by atoms with van der Waals surface area (Å²) in [6.45, 7) is 2.44. The van der Waals surface area contributed by atoms with Gasteiger partial charge in [-0.1, -0.05) is 36.4 Å². The van der Waals surface area contributed by atoms with Crippen LogP contribution in [-0.2, 0) is 4.79 Å². The lowest BCUT2D eigenvalue weighted by Gasteiger charge is -2.09. The van der Waals surface area contributed by atoms with Crippen LogP contribution in [0.4, 0.5) is 5.82 Å². The van der Waals surface area contributed by atoms with Crippen LogP contribution in [0, 0.1) is 6.92 Å². The average Bonchev–Trinajstić information content (AvgIpc) is 3.41. The number of hydrogen-bond acceptors (Lipinski definition) is 4. The highest BCUT2D eigenvalue weighted by molar-refractivity contribution is 7.08. The number of hydrogen-bond donors (Lipinski definition) is 2. The number of imidazole rings is 1. The minimum absolute atomic E-state index is 0.111. The molecule has 30 heavy (non-hydrogen) atoms. The molecule has 0 aliphatic rings. The van der Waals surface area contributed by atoms with E-state index < -0.39 is 0 Å². The van der Waals surface area contributed by atoms with Gasteiger partial charge in [-0.15, -0.1) is 0 Å². The first-order valence-electron chi connectivity index (χ1n) is 9.77. The molecule has 4 rings (SSSR count). The number of thiophene rings is 1. The normalized spacial score (nSPS) is 10.8. The highest BCUT2D eigenvalue weighted by atomic mass is 32.1. The number of aromatic nitrogens is 2. The Morgan fingerprint density at radius 2 is 1.93 bits per heavy atom. The third-order valence-corrected chi connectivity index (χ3v) is 5.48. The highest BCUT2D eigenvalue weighted by Crippen LogP contribution is 2.29. The van der Waals surface area contributed by atoms with Crippen molar-refractivity contribution in [2.24, 2.45) is 0 Å². The molecule has 0 aliphatic heterocycles. The van der Waals surface area contributed by atoms with Gasteiger partial charge in [0.1, 0.15) is 17.2 Å². The van der Waals surface area contributed by atoms with E-state index in [1.165, 1.54) is 11.3 Å². The number of aryl methyl sites for hydroxylation is 1. The van der Waals surface area contributed by atoms with Crippen LogP contribution >= 0.6 is 11.3 Å². The fourth-order valence-corrected chi connectivity index (χ4v) is 3.90. The summed E-state index contributed by atoms with van der Waals surface area (Å²) in [5, 5.41) is 9.54. The second-order valence-corrected chi connectivity index (χ2v) is 7.76. The van der Waals surface area contributed by atoms with Crippen LogP contribution in [0.15, 0.2) is 65.5 Å². The van der Waals surface area contributed by atoms with E-state index in [9.17, 15) is 9.59 Å². The maximum atomic E-state index is 12.6. The Morgan fingerprint density at radius 3 is 2.70 bits per heavy atom. The lowest BCUT2D eigenvalue weighted by molar-refractivity contribution is -0.116. The lowest BCUT2D eigenvalue weighted by atomic mass is 10.1. The Kier molecular flexibility index (Phi) is 5.90. The molecule has 7 heteroatoms. The fraction of sp³-hybridized carbons (Fsp3) is 0.174. The van der Waals surface area contributed by atoms with Crippen molar-refractivity contribution in [1.29, 1.82) is 0 Å². The molecule has 6 nitrogen and oxygen atoms in total. The first-order chi connectivity index (χ1) is 14.6. The van der Waals surface area contributed by atoms with E-state index in [-0.39, 0.29) is 11.8 Å². The summed E-state index contributed by atoms with van der Waals surface area (Å²) in [5.74, 6) is 0.438. The largest absolute Gasteiger partial charge is 0.352 e. The van der Waals surface area contributed by atoms with Gasteiger partial charge in [-0.3, -0.25) is 14.0 Å². The van der Waals surface area contributed by atoms with Gasteiger partial charge in [-0.05, 0) is 36.4 Å². The van der Waals surface area contributed by atoms with Crippen molar-refractivity contribution in [2.45, 2.75) is 19.8 Å². The zero-order chi connectivity index (χ0) is 20.9. The van der Waals surface area contributed by atoms with E-state index in [1.54, 1.807) is 11.4 Å². The van der Waals surface area contributed by atoms with E-state index >= 15 is 0 Å². The molecule has 0 atom stereocenters. The second kappa shape index (κ2) is 8.92. The van der Waals surface area contributed by atoms with Gasteiger partial charge in [0.2, 0.25) is 5.91 Å². The van der Waals surface area contributed by atoms with Gasteiger partial charge < -0.3 is 10.6 Å². The van der Waals surface area contributed by atoms with Gasteiger partial charge in [0.05, 0.1) is 0 Å². The zero-order valence-corrected chi connectivity index (χ0v) is 17.4. The molecule has 1 aromatic carbocycles. The Labute approximate surface area is 178 Å². The van der Waals surface area contributed by atoms with E-state index in [0.29, 0.717) is 30.8 Å². The topological polar surface area (TPSA) is 75.5 Å². The van der Waals surface area contributed by atoms with Crippen molar-refractivity contribution in [3.63, 3.8) is 0 Å². The van der Waals surface area contributed by atoms with Crippen molar-refractivity contribution in [2.75, 3.05) is 11.9 Å². The van der Waals surface area contributed by atoms with Crippen LogP contribution in [0.3, 0.4) is 0 Å². The molecule has 4 aromatic rings. The van der Waals surface area contributed by atoms with Crippen LogP contribution in [0.2, 0.25) is 0 Å². The smallest absolute Gasteiger partial charge is 0.252 e. The molecular weight excluding hydrogens is 396 g/mol. The molecule has 0 bridgehead atoms. The molecule has 0 radical (unpaired) electrons. The third-order valence-electron chi connectivity index (χ3n) is 4.80. The lowest BCUT2D eigenvalue weighted by Crippen LogP contribution is -2.25. The summed E-state index contributed by atoms with van der Waals surface area (Å²) in [7, 11) is 0. The molecular formula is C23H22N4O2S. The number of nitrogens with zero attached hydrogens (tertiary/aromatic N) is 2. The van der Waals surface area contributed by atoms with Crippen LogP contribution < -0.4 is 10.6 Å². The predicted molar refractivity (Wildman–Crippen MR) is 120 cm³/mol. The van der Waals surface area contributed by atoms with Crippen LogP contribution in [0.5, 0.6) is 0 Å². The SMILES string of the molecule is Cc1cccn2c(NC(=O)CCCNC(=O)c3ccsc3)c(-c3ccccc3)nc12. The molecule has 0 spiro atoms. The number of pyridine rings is 1. The molecule has 0 fully saturated rings. The molecule has 152 valence electrons. The number of anilines is 1. The van der Waals surface area contributed by atoms with Gasteiger partial charge in [0, 0.05) is 35.7 Å². The van der Waals surface area contributed by atoms with Crippen LogP contribution in [0.1, 0.15) is 28.8 Å². The summed E-state index contributed by atoms with van der Waals surface area (Å²) in [6.07, 6.45) is 2.76. The van der Waals surface area contributed by atoms with Crippen molar-refractivity contribution in [3.05, 3.63) is 76.6 Å². The van der Waals surface area contributed by atoms with E-state index in [1.807, 2.05) is 65.4 Å². The number of amides is 2. The Balaban J connectivity index is 1.45. The quantitative estimate of drug-likeness (QED) is 0.433. The average molecular weight is 419 g/mol. The van der Waals surface area contributed by atoms with E-state index in [0.717, 1.165) is 22.5 Å². The minimum atomic E-state index is -0.111. The summed E-state index contributed by atoms with van der Waals surface area (Å²) in [6, 6.07) is 15.5. The van der Waals surface area contributed by atoms with Crippen molar-refractivity contribution < 1.29 is 9.59 Å². The molecule has 0 unspecified atom stereocenters. The van der Waals surface area contributed by atoms with Crippen LogP contribution in [-0.4, -0.2) is 27.7 Å². The number of nitrogens with one attached hydrogen (secondary N) is 2. The van der Waals surface area contributed by atoms with Gasteiger partial charge >= 0.3 is 0 Å². The second-order valence-electron chi connectivity index (χ2n) is 6.98. The zero-order valence-electron chi connectivity index (χ0n) is 16.6. The maximum absolute atomic E-state index is 12.6. The first-order valence-corrected chi connectivity index (χ1v) is 10.7. The standard InChI is InChI=1S/C23H22N4O2S/c1-16-7-6-13-27-21(16)26-20(17-8-3-2-4-9-17)22(27)25-19(28)10-5-12-24-23(29)18-11-14-30-15-18/h2-4,6-9,11,13-15H,5,10,12H2,1H3,(H,24,29)(H,25,28). The van der Waals surface area contributed by atoms with E-state index in [2.05, 4.69) is 10.6 Å². The van der Waals surface area contributed by atoms with Gasteiger partial charge in [0.25, 0.3) is 5.91 Å². The summed E-state index contributed by atoms with van der Waals surface area (Å²) in [5.41, 5.74) is 4.18. The molecule has 0 saturated carbocycles. The Morgan fingerprint density at radius 1 is 1.10 bits per heavy atom. The maximum Gasteiger partial charge on any atom is 0.252 e. The molecule has 2 N–H and O–H groups in total. The molecule has 0 aliphatic carbocycles. The monoisotopic (exact) mass is 418 g/mol. The van der Waals surface area contributed by atoms with Crippen molar-refractivity contribution in [1.82, 2.24) is 14.7 Å². The predicted octanol–water partition coefficient (Wildman–Crippen LogP) is 4.52. The minimum Gasteiger partial charge on any atom is -0.352 e. The molecule has 3 heterocycles. The number of carbonyl (C=O) groups excluding carboxylic acids is 2. The van der Waals surface area contributed by atoms with Crippen LogP contribution in [0.25, 0.3) is 16.9 Å². The highest BCUT2D eigenvalue weighted by Gasteiger charge is 2.17. The first kappa shape index (κ1) is 19.8. The summed E-state index contributed by atoms with van der Waals surface area (Å²) < 4.78 is 1.91. The summed E-state index contributed by atoms with van der Waals surface area (Å²) in [4.78, 5) is 29.4. The van der Waals surface area contributed by atoms with Crippen molar-refractivity contribution >= 4 is 34.6 Å². The van der Waals surface area contributed by atoms with Gasteiger partial charge in [-0.2, -0.15) is 11.3 Å². The summed E-state index contributed by atoms with van der Waals surface area (Å²) >= 11 is 1.48. The number of fused-ring (bicyclic) bond motifs is 1. The third kappa shape index (κ3) is 4.26. The Bertz CT molecular complexity index is 1170.